The van der Waals surface area contributed by atoms with Gasteiger partial charge in [-0.2, -0.15) is 0 Å². The zero-order chi connectivity index (χ0) is 25.7. The molecule has 2 aromatic carbocycles. The van der Waals surface area contributed by atoms with Crippen molar-refractivity contribution in [3.8, 4) is 0 Å². The fourth-order valence-electron chi connectivity index (χ4n) is 4.30. The number of aryl methyl sites for hydroxylation is 1. The average Bonchev–Trinajstić information content (AvgIpc) is 3.15. The summed E-state index contributed by atoms with van der Waals surface area (Å²) in [4.78, 5) is 31.3. The van der Waals surface area contributed by atoms with Crippen LogP contribution in [0.2, 0.25) is 0 Å². The maximum Gasteiger partial charge on any atom is 0.262 e. The van der Waals surface area contributed by atoms with Crippen LogP contribution in [0.4, 0.5) is 0 Å². The smallest absolute Gasteiger partial charge is 0.262 e. The summed E-state index contributed by atoms with van der Waals surface area (Å²) in [6.07, 6.45) is 0.837. The van der Waals surface area contributed by atoms with E-state index in [4.69, 9.17) is 9.72 Å². The van der Waals surface area contributed by atoms with Gasteiger partial charge in [0.15, 0.2) is 10.9 Å². The minimum atomic E-state index is -0.0823. The number of rotatable bonds is 11. The normalized spacial score (nSPS) is 11.5. The quantitative estimate of drug-likeness (QED) is 0.114. The lowest BCUT2D eigenvalue weighted by atomic mass is 10.2. The van der Waals surface area contributed by atoms with E-state index in [9.17, 15) is 9.59 Å². The number of thioether (sulfide) groups is 1. The number of hydrogen-bond donors (Lipinski definition) is 0. The predicted octanol–water partition coefficient (Wildman–Crippen LogP) is 5.65. The maximum atomic E-state index is 13.3. The van der Waals surface area contributed by atoms with E-state index in [0.717, 1.165) is 23.5 Å². The highest BCUT2D eigenvalue weighted by Gasteiger charge is 2.18. The molecule has 0 aliphatic rings. The van der Waals surface area contributed by atoms with Crippen molar-refractivity contribution in [1.29, 1.82) is 0 Å². The van der Waals surface area contributed by atoms with Crippen LogP contribution in [0.3, 0.4) is 0 Å². The number of ether oxygens (including phenoxy) is 1. The van der Waals surface area contributed by atoms with Gasteiger partial charge in [-0.05, 0) is 57.9 Å². The van der Waals surface area contributed by atoms with Crippen molar-refractivity contribution >= 4 is 28.4 Å². The number of aromatic nitrogens is 3. The van der Waals surface area contributed by atoms with E-state index in [2.05, 4.69) is 16.7 Å². The fraction of sp³-hybridized carbons (Fsp3) is 0.345. The van der Waals surface area contributed by atoms with Gasteiger partial charge < -0.3 is 9.30 Å². The summed E-state index contributed by atoms with van der Waals surface area (Å²) in [5, 5.41) is 1.15. The molecule has 36 heavy (non-hydrogen) atoms. The second-order valence-corrected chi connectivity index (χ2v) is 10.2. The summed E-state index contributed by atoms with van der Waals surface area (Å²) in [6.45, 7) is 9.79. The Bertz CT molecular complexity index is 1410. The van der Waals surface area contributed by atoms with E-state index in [1.807, 2.05) is 70.2 Å². The minimum Gasteiger partial charge on any atom is -0.379 e. The van der Waals surface area contributed by atoms with E-state index in [-0.39, 0.29) is 23.2 Å². The highest BCUT2D eigenvalue weighted by atomic mass is 32.2. The molecule has 188 valence electrons. The molecule has 0 saturated carbocycles. The van der Waals surface area contributed by atoms with Crippen LogP contribution in [0.1, 0.15) is 47.6 Å². The van der Waals surface area contributed by atoms with E-state index in [1.54, 1.807) is 10.6 Å². The maximum absolute atomic E-state index is 13.3. The molecule has 0 saturated heterocycles. The number of carbonyl (C=O) groups is 1. The van der Waals surface area contributed by atoms with Gasteiger partial charge >= 0.3 is 0 Å². The van der Waals surface area contributed by atoms with Gasteiger partial charge in [0.05, 0.1) is 22.8 Å². The monoisotopic (exact) mass is 503 g/mol. The lowest BCUT2D eigenvalue weighted by Gasteiger charge is -2.14. The Morgan fingerprint density at radius 2 is 1.75 bits per heavy atom. The Morgan fingerprint density at radius 3 is 2.50 bits per heavy atom. The Hall–Kier alpha value is -3.16. The van der Waals surface area contributed by atoms with Gasteiger partial charge in [0.2, 0.25) is 0 Å². The van der Waals surface area contributed by atoms with Crippen LogP contribution in [0.25, 0.3) is 10.9 Å². The second kappa shape index (κ2) is 11.7. The van der Waals surface area contributed by atoms with Crippen LogP contribution in [0, 0.1) is 13.8 Å². The first-order chi connectivity index (χ1) is 17.3. The minimum absolute atomic E-state index is 0.0320. The first-order valence-corrected chi connectivity index (χ1v) is 13.3. The van der Waals surface area contributed by atoms with E-state index in [0.29, 0.717) is 35.6 Å². The van der Waals surface area contributed by atoms with Gasteiger partial charge in [-0.15, -0.1) is 0 Å². The van der Waals surface area contributed by atoms with E-state index >= 15 is 0 Å². The molecular weight excluding hydrogens is 470 g/mol. The van der Waals surface area contributed by atoms with Gasteiger partial charge in [0, 0.05) is 36.6 Å². The number of hydrogen-bond acceptors (Lipinski definition) is 5. The van der Waals surface area contributed by atoms with Crippen LogP contribution in [0.5, 0.6) is 0 Å². The molecule has 2 aromatic heterocycles. The zero-order valence-electron chi connectivity index (χ0n) is 21.4. The number of Topliss-reactive ketones (excluding diaryl/α,β-unsaturated/α-hetero) is 1. The predicted molar refractivity (Wildman–Crippen MR) is 146 cm³/mol. The molecule has 0 atom stereocenters. The standard InChI is InChI=1S/C29H33N3O3S/c1-20(2)35-16-10-15-31-28(34)24-13-8-9-14-26(24)30-29(31)36-19-27(33)25-17-21(3)32(22(25)4)18-23-11-6-5-7-12-23/h5-9,11-14,17,20H,10,15-16,18-19H2,1-4H3. The molecule has 0 aliphatic carbocycles. The molecule has 4 aromatic rings. The van der Waals surface area contributed by atoms with Crippen LogP contribution >= 0.6 is 11.8 Å². The lowest BCUT2D eigenvalue weighted by Crippen LogP contribution is -2.24. The molecule has 7 heteroatoms. The molecule has 4 rings (SSSR count). The highest BCUT2D eigenvalue weighted by molar-refractivity contribution is 7.99. The summed E-state index contributed by atoms with van der Waals surface area (Å²) < 4.78 is 9.51. The van der Waals surface area contributed by atoms with Crippen LogP contribution < -0.4 is 5.56 Å². The summed E-state index contributed by atoms with van der Waals surface area (Å²) in [6, 6.07) is 19.6. The van der Waals surface area contributed by atoms with Crippen molar-refractivity contribution in [3.63, 3.8) is 0 Å². The molecule has 2 heterocycles. The van der Waals surface area contributed by atoms with Gasteiger partial charge in [-0.3, -0.25) is 14.2 Å². The molecular formula is C29H33N3O3S. The van der Waals surface area contributed by atoms with Crippen molar-refractivity contribution in [2.24, 2.45) is 0 Å². The molecule has 0 N–H and O–H groups in total. The van der Waals surface area contributed by atoms with Gasteiger partial charge in [-0.25, -0.2) is 4.98 Å². The van der Waals surface area contributed by atoms with Crippen LogP contribution in [-0.4, -0.2) is 38.4 Å². The lowest BCUT2D eigenvalue weighted by molar-refractivity contribution is 0.0743. The number of nitrogens with zero attached hydrogens (tertiary/aromatic N) is 3. The number of ketones is 1. The van der Waals surface area contributed by atoms with E-state index in [1.165, 1.54) is 17.3 Å². The number of carbonyl (C=O) groups excluding carboxylic acids is 1. The Kier molecular flexibility index (Phi) is 8.44. The Labute approximate surface area is 216 Å². The first kappa shape index (κ1) is 25.9. The number of benzene rings is 2. The fourth-order valence-corrected chi connectivity index (χ4v) is 5.21. The third kappa shape index (κ3) is 5.97. The number of fused-ring (bicyclic) bond motifs is 1. The Morgan fingerprint density at radius 1 is 1.03 bits per heavy atom. The summed E-state index contributed by atoms with van der Waals surface area (Å²) in [7, 11) is 0. The van der Waals surface area contributed by atoms with Crippen molar-refractivity contribution in [1.82, 2.24) is 14.1 Å². The zero-order valence-corrected chi connectivity index (χ0v) is 22.2. The van der Waals surface area contributed by atoms with Crippen LogP contribution in [-0.2, 0) is 17.8 Å². The molecule has 0 radical (unpaired) electrons. The highest BCUT2D eigenvalue weighted by Crippen LogP contribution is 2.23. The summed E-state index contributed by atoms with van der Waals surface area (Å²) >= 11 is 1.32. The third-order valence-electron chi connectivity index (χ3n) is 6.19. The SMILES string of the molecule is Cc1cc(C(=O)CSc2nc3ccccc3c(=O)n2CCCOC(C)C)c(C)n1Cc1ccccc1. The van der Waals surface area contributed by atoms with Gasteiger partial charge in [0.1, 0.15) is 0 Å². The van der Waals surface area contributed by atoms with Crippen molar-refractivity contribution in [3.05, 3.63) is 93.5 Å². The largest absolute Gasteiger partial charge is 0.379 e. The molecule has 0 spiro atoms. The molecule has 0 aliphatic heterocycles. The third-order valence-corrected chi connectivity index (χ3v) is 7.17. The summed E-state index contributed by atoms with van der Waals surface area (Å²) in [5.41, 5.74) is 4.48. The molecule has 6 nitrogen and oxygen atoms in total. The topological polar surface area (TPSA) is 66.1 Å². The van der Waals surface area contributed by atoms with Crippen LogP contribution in [0.15, 0.2) is 70.6 Å². The molecule has 0 unspecified atom stereocenters. The van der Waals surface area contributed by atoms with Crippen molar-refractivity contribution < 1.29 is 9.53 Å². The van der Waals surface area contributed by atoms with E-state index < -0.39 is 0 Å². The number of para-hydroxylation sites is 1. The van der Waals surface area contributed by atoms with Crippen molar-refractivity contribution in [2.45, 2.75) is 58.5 Å². The molecule has 0 bridgehead atoms. The molecule has 0 fully saturated rings. The molecule has 0 amide bonds. The van der Waals surface area contributed by atoms with Gasteiger partial charge in [0.25, 0.3) is 5.56 Å². The van der Waals surface area contributed by atoms with Crippen molar-refractivity contribution in [2.75, 3.05) is 12.4 Å². The first-order valence-electron chi connectivity index (χ1n) is 12.3. The summed E-state index contributed by atoms with van der Waals surface area (Å²) in [5.74, 6) is 0.243. The Balaban J connectivity index is 1.54. The average molecular weight is 504 g/mol. The van der Waals surface area contributed by atoms with Gasteiger partial charge in [-0.1, -0.05) is 54.2 Å². The second-order valence-electron chi connectivity index (χ2n) is 9.21.